The standard InChI is InChI=1S/C13H19NO2/c1-4-13(15)16-14-12-7-5-11(6-8-12)9-10(2)3/h5-8,10,14H,4,9H2,1-3H3. The van der Waals surface area contributed by atoms with E-state index in [9.17, 15) is 4.79 Å². The van der Waals surface area contributed by atoms with Crippen molar-refractivity contribution in [1.29, 1.82) is 0 Å². The van der Waals surface area contributed by atoms with Gasteiger partial charge in [0, 0.05) is 6.42 Å². The summed E-state index contributed by atoms with van der Waals surface area (Å²) in [5.41, 5.74) is 4.72. The Morgan fingerprint density at radius 1 is 1.31 bits per heavy atom. The van der Waals surface area contributed by atoms with Crippen molar-refractivity contribution in [3.05, 3.63) is 29.8 Å². The highest BCUT2D eigenvalue weighted by Crippen LogP contribution is 2.13. The van der Waals surface area contributed by atoms with Crippen LogP contribution in [0.5, 0.6) is 0 Å². The molecule has 0 fully saturated rings. The summed E-state index contributed by atoms with van der Waals surface area (Å²) in [6.07, 6.45) is 1.44. The summed E-state index contributed by atoms with van der Waals surface area (Å²) >= 11 is 0. The van der Waals surface area contributed by atoms with E-state index < -0.39 is 0 Å². The van der Waals surface area contributed by atoms with Crippen molar-refractivity contribution in [3.63, 3.8) is 0 Å². The molecule has 1 N–H and O–H groups in total. The molecule has 0 aliphatic carbocycles. The van der Waals surface area contributed by atoms with E-state index in [-0.39, 0.29) is 5.97 Å². The normalized spacial score (nSPS) is 10.2. The molecular formula is C13H19NO2. The van der Waals surface area contributed by atoms with Gasteiger partial charge in [0.15, 0.2) is 0 Å². The molecule has 0 spiro atoms. The first-order valence-electron chi connectivity index (χ1n) is 5.66. The number of rotatable bonds is 5. The molecule has 88 valence electrons. The molecule has 0 aliphatic heterocycles. The Balaban J connectivity index is 2.48. The monoisotopic (exact) mass is 221 g/mol. The maximum Gasteiger partial charge on any atom is 0.331 e. The molecule has 0 saturated carbocycles. The molecule has 1 rings (SSSR count). The predicted octanol–water partition coefficient (Wildman–Crippen LogP) is 3.17. The lowest BCUT2D eigenvalue weighted by atomic mass is 10.0. The zero-order valence-electron chi connectivity index (χ0n) is 10.1. The number of carbonyl (C=O) groups is 1. The minimum absolute atomic E-state index is 0.258. The number of carbonyl (C=O) groups excluding carboxylic acids is 1. The molecule has 0 radical (unpaired) electrons. The summed E-state index contributed by atoms with van der Waals surface area (Å²) in [5.74, 6) is 0.392. The summed E-state index contributed by atoms with van der Waals surface area (Å²) in [5, 5.41) is 0. The van der Waals surface area contributed by atoms with Crippen molar-refractivity contribution in [2.24, 2.45) is 5.92 Å². The van der Waals surface area contributed by atoms with Crippen molar-refractivity contribution in [1.82, 2.24) is 0 Å². The number of anilines is 1. The van der Waals surface area contributed by atoms with Crippen LogP contribution in [0.15, 0.2) is 24.3 Å². The van der Waals surface area contributed by atoms with Crippen molar-refractivity contribution in [3.8, 4) is 0 Å². The molecule has 1 aromatic rings. The predicted molar refractivity (Wildman–Crippen MR) is 65.0 cm³/mol. The van der Waals surface area contributed by atoms with Gasteiger partial charge < -0.3 is 4.84 Å². The first kappa shape index (κ1) is 12.6. The van der Waals surface area contributed by atoms with E-state index in [1.54, 1.807) is 6.92 Å². The molecule has 0 amide bonds. The van der Waals surface area contributed by atoms with Crippen LogP contribution in [-0.4, -0.2) is 5.97 Å². The van der Waals surface area contributed by atoms with Crippen LogP contribution in [0, 0.1) is 5.92 Å². The Kier molecular flexibility index (Phi) is 4.83. The fraction of sp³-hybridized carbons (Fsp3) is 0.462. The van der Waals surface area contributed by atoms with Gasteiger partial charge in [0.1, 0.15) is 0 Å². The minimum Gasteiger partial charge on any atom is -0.343 e. The van der Waals surface area contributed by atoms with E-state index in [4.69, 9.17) is 4.84 Å². The highest BCUT2D eigenvalue weighted by Gasteiger charge is 2.00. The Morgan fingerprint density at radius 2 is 1.94 bits per heavy atom. The van der Waals surface area contributed by atoms with Gasteiger partial charge in [0.25, 0.3) is 0 Å². The molecule has 3 nitrogen and oxygen atoms in total. The zero-order valence-corrected chi connectivity index (χ0v) is 10.1. The van der Waals surface area contributed by atoms with Gasteiger partial charge in [-0.15, -0.1) is 0 Å². The molecule has 0 atom stereocenters. The van der Waals surface area contributed by atoms with Crippen LogP contribution in [0.1, 0.15) is 32.8 Å². The fourth-order valence-corrected chi connectivity index (χ4v) is 1.37. The second-order valence-corrected chi connectivity index (χ2v) is 4.22. The van der Waals surface area contributed by atoms with Gasteiger partial charge in [-0.05, 0) is 30.0 Å². The number of benzene rings is 1. The Morgan fingerprint density at radius 3 is 2.44 bits per heavy atom. The second-order valence-electron chi connectivity index (χ2n) is 4.22. The van der Waals surface area contributed by atoms with Crippen LogP contribution in [0.3, 0.4) is 0 Å². The zero-order chi connectivity index (χ0) is 12.0. The van der Waals surface area contributed by atoms with Gasteiger partial charge >= 0.3 is 5.97 Å². The average Bonchev–Trinajstić information content (AvgIpc) is 2.27. The van der Waals surface area contributed by atoms with E-state index >= 15 is 0 Å². The third-order valence-electron chi connectivity index (χ3n) is 2.17. The summed E-state index contributed by atoms with van der Waals surface area (Å²) in [7, 11) is 0. The highest BCUT2D eigenvalue weighted by molar-refractivity contribution is 5.70. The molecule has 0 unspecified atom stereocenters. The maximum atomic E-state index is 10.9. The highest BCUT2D eigenvalue weighted by atomic mass is 16.7. The summed E-state index contributed by atoms with van der Waals surface area (Å²) < 4.78 is 0. The summed E-state index contributed by atoms with van der Waals surface area (Å²) in [4.78, 5) is 15.7. The van der Waals surface area contributed by atoms with Crippen LogP contribution in [0.4, 0.5) is 5.69 Å². The van der Waals surface area contributed by atoms with Crippen LogP contribution in [0.2, 0.25) is 0 Å². The van der Waals surface area contributed by atoms with Gasteiger partial charge in [-0.1, -0.05) is 32.9 Å². The van der Waals surface area contributed by atoms with E-state index in [2.05, 4.69) is 19.3 Å². The van der Waals surface area contributed by atoms with Gasteiger partial charge in [0.05, 0.1) is 5.69 Å². The Labute approximate surface area is 96.8 Å². The molecule has 0 aliphatic rings. The van der Waals surface area contributed by atoms with Crippen LogP contribution in [-0.2, 0) is 16.1 Å². The van der Waals surface area contributed by atoms with Gasteiger partial charge in [-0.25, -0.2) is 10.3 Å². The van der Waals surface area contributed by atoms with Gasteiger partial charge in [0.2, 0.25) is 0 Å². The first-order valence-corrected chi connectivity index (χ1v) is 5.66. The average molecular weight is 221 g/mol. The Bertz CT molecular complexity index is 330. The van der Waals surface area contributed by atoms with E-state index in [0.29, 0.717) is 12.3 Å². The minimum atomic E-state index is -0.258. The molecular weight excluding hydrogens is 202 g/mol. The van der Waals surface area contributed by atoms with E-state index in [1.807, 2.05) is 24.3 Å². The Hall–Kier alpha value is -1.51. The largest absolute Gasteiger partial charge is 0.343 e. The molecule has 3 heteroatoms. The quantitative estimate of drug-likeness (QED) is 0.776. The molecule has 0 aromatic heterocycles. The maximum absolute atomic E-state index is 10.9. The summed E-state index contributed by atoms with van der Waals surface area (Å²) in [6.45, 7) is 6.14. The third-order valence-corrected chi connectivity index (χ3v) is 2.17. The van der Waals surface area contributed by atoms with E-state index in [1.165, 1.54) is 5.56 Å². The number of hydrogen-bond donors (Lipinski definition) is 1. The SMILES string of the molecule is CCC(=O)ONc1ccc(CC(C)C)cc1. The van der Waals surface area contributed by atoms with Crippen LogP contribution in [0.25, 0.3) is 0 Å². The topological polar surface area (TPSA) is 38.3 Å². The van der Waals surface area contributed by atoms with Gasteiger partial charge in [-0.2, -0.15) is 0 Å². The number of hydrogen-bond acceptors (Lipinski definition) is 3. The number of nitrogens with one attached hydrogen (secondary N) is 1. The van der Waals surface area contributed by atoms with Crippen molar-refractivity contribution >= 4 is 11.7 Å². The molecule has 0 saturated heterocycles. The lowest BCUT2D eigenvalue weighted by Gasteiger charge is -2.08. The molecule has 0 heterocycles. The second kappa shape index (κ2) is 6.16. The molecule has 1 aromatic carbocycles. The van der Waals surface area contributed by atoms with Gasteiger partial charge in [-0.3, -0.25) is 0 Å². The first-order chi connectivity index (χ1) is 7.61. The fourth-order valence-electron chi connectivity index (χ4n) is 1.37. The lowest BCUT2D eigenvalue weighted by Crippen LogP contribution is -2.08. The molecule has 0 bridgehead atoms. The lowest BCUT2D eigenvalue weighted by molar-refractivity contribution is -0.140. The molecule has 16 heavy (non-hydrogen) atoms. The van der Waals surface area contributed by atoms with Crippen molar-refractivity contribution < 1.29 is 9.63 Å². The van der Waals surface area contributed by atoms with Crippen LogP contribution >= 0.6 is 0 Å². The van der Waals surface area contributed by atoms with E-state index in [0.717, 1.165) is 12.1 Å². The van der Waals surface area contributed by atoms with Crippen molar-refractivity contribution in [2.75, 3.05) is 5.48 Å². The van der Waals surface area contributed by atoms with Crippen LogP contribution < -0.4 is 5.48 Å². The third kappa shape index (κ3) is 4.34. The smallest absolute Gasteiger partial charge is 0.331 e. The van der Waals surface area contributed by atoms with Crippen molar-refractivity contribution in [2.45, 2.75) is 33.6 Å². The summed E-state index contributed by atoms with van der Waals surface area (Å²) in [6, 6.07) is 7.92.